The first-order valence-corrected chi connectivity index (χ1v) is 9.52. The SMILES string of the molecule is Cc1cc(N2CCOCC2)nc(N2CCN(c3c(F)cccc3C#N)CC2)n1. The van der Waals surface area contributed by atoms with Crippen LogP contribution < -0.4 is 14.7 Å². The molecule has 2 aliphatic rings. The molecule has 0 saturated carbocycles. The Labute approximate surface area is 164 Å². The zero-order valence-corrected chi connectivity index (χ0v) is 15.9. The average molecular weight is 382 g/mol. The fraction of sp³-hybridized carbons (Fsp3) is 0.450. The fourth-order valence-corrected chi connectivity index (χ4v) is 3.69. The van der Waals surface area contributed by atoms with Crippen molar-refractivity contribution in [1.82, 2.24) is 9.97 Å². The van der Waals surface area contributed by atoms with Gasteiger partial charge in [0.2, 0.25) is 5.95 Å². The van der Waals surface area contributed by atoms with E-state index in [2.05, 4.69) is 20.9 Å². The van der Waals surface area contributed by atoms with Gasteiger partial charge in [-0.1, -0.05) is 6.07 Å². The van der Waals surface area contributed by atoms with E-state index in [4.69, 9.17) is 9.72 Å². The first kappa shape index (κ1) is 18.4. The van der Waals surface area contributed by atoms with Crippen molar-refractivity contribution in [2.24, 2.45) is 0 Å². The second kappa shape index (κ2) is 7.98. The number of hydrogen-bond acceptors (Lipinski definition) is 7. The number of benzene rings is 1. The molecule has 8 heteroatoms. The van der Waals surface area contributed by atoms with Crippen molar-refractivity contribution in [3.63, 3.8) is 0 Å². The molecule has 1 aromatic carbocycles. The normalized spacial score (nSPS) is 17.5. The predicted octanol–water partition coefficient (Wildman–Crippen LogP) is 1.96. The summed E-state index contributed by atoms with van der Waals surface area (Å²) in [6, 6.07) is 8.73. The Morgan fingerprint density at radius 2 is 1.71 bits per heavy atom. The number of nitriles is 1. The van der Waals surface area contributed by atoms with Crippen molar-refractivity contribution in [3.8, 4) is 6.07 Å². The van der Waals surface area contributed by atoms with E-state index in [0.29, 0.717) is 56.6 Å². The lowest BCUT2D eigenvalue weighted by molar-refractivity contribution is 0.122. The zero-order valence-electron chi connectivity index (χ0n) is 15.9. The molecule has 146 valence electrons. The van der Waals surface area contributed by atoms with Crippen LogP contribution in [0.4, 0.5) is 21.8 Å². The summed E-state index contributed by atoms with van der Waals surface area (Å²) in [6.45, 7) is 7.61. The third-order valence-corrected chi connectivity index (χ3v) is 5.15. The smallest absolute Gasteiger partial charge is 0.227 e. The van der Waals surface area contributed by atoms with Gasteiger partial charge in [0, 0.05) is 51.0 Å². The van der Waals surface area contributed by atoms with Crippen LogP contribution in [-0.4, -0.2) is 62.5 Å². The molecule has 0 aliphatic carbocycles. The Kier molecular flexibility index (Phi) is 5.26. The summed E-state index contributed by atoms with van der Waals surface area (Å²) in [5.74, 6) is 1.28. The number of nitrogens with zero attached hydrogens (tertiary/aromatic N) is 6. The molecular formula is C20H23FN6O. The number of hydrogen-bond donors (Lipinski definition) is 0. The third kappa shape index (κ3) is 3.71. The molecule has 0 unspecified atom stereocenters. The van der Waals surface area contributed by atoms with Gasteiger partial charge >= 0.3 is 0 Å². The van der Waals surface area contributed by atoms with Gasteiger partial charge in [-0.25, -0.2) is 9.37 Å². The molecule has 2 aromatic rings. The summed E-state index contributed by atoms with van der Waals surface area (Å²) in [7, 11) is 0. The maximum Gasteiger partial charge on any atom is 0.227 e. The first-order chi connectivity index (χ1) is 13.7. The van der Waals surface area contributed by atoms with Gasteiger partial charge in [0.05, 0.1) is 24.5 Å². The lowest BCUT2D eigenvalue weighted by Gasteiger charge is -2.37. The molecule has 0 amide bonds. The molecule has 7 nitrogen and oxygen atoms in total. The molecular weight excluding hydrogens is 359 g/mol. The molecule has 1 aromatic heterocycles. The third-order valence-electron chi connectivity index (χ3n) is 5.15. The second-order valence-electron chi connectivity index (χ2n) is 6.99. The number of rotatable bonds is 3. The minimum atomic E-state index is -0.353. The van der Waals surface area contributed by atoms with E-state index in [1.54, 1.807) is 12.1 Å². The summed E-state index contributed by atoms with van der Waals surface area (Å²) in [5, 5.41) is 9.30. The summed E-state index contributed by atoms with van der Waals surface area (Å²) in [4.78, 5) is 15.7. The lowest BCUT2D eigenvalue weighted by Crippen LogP contribution is -2.48. The number of ether oxygens (including phenoxy) is 1. The van der Waals surface area contributed by atoms with Crippen LogP contribution in [-0.2, 0) is 4.74 Å². The number of para-hydroxylation sites is 1. The molecule has 2 fully saturated rings. The van der Waals surface area contributed by atoms with Crippen LogP contribution in [0.3, 0.4) is 0 Å². The summed E-state index contributed by atoms with van der Waals surface area (Å²) >= 11 is 0. The van der Waals surface area contributed by atoms with Crippen LogP contribution in [0.2, 0.25) is 0 Å². The van der Waals surface area contributed by atoms with Crippen LogP contribution >= 0.6 is 0 Å². The topological polar surface area (TPSA) is 68.5 Å². The van der Waals surface area contributed by atoms with Crippen molar-refractivity contribution < 1.29 is 9.13 Å². The van der Waals surface area contributed by atoms with Gasteiger partial charge in [-0.15, -0.1) is 0 Å². The number of aromatic nitrogens is 2. The van der Waals surface area contributed by atoms with E-state index in [1.807, 2.05) is 17.9 Å². The Bertz CT molecular complexity index is 885. The van der Waals surface area contributed by atoms with Crippen molar-refractivity contribution in [3.05, 3.63) is 41.3 Å². The number of aryl methyl sites for hydroxylation is 1. The molecule has 3 heterocycles. The molecule has 0 atom stereocenters. The molecule has 0 bridgehead atoms. The second-order valence-corrected chi connectivity index (χ2v) is 6.99. The molecule has 28 heavy (non-hydrogen) atoms. The van der Waals surface area contributed by atoms with Gasteiger partial charge in [-0.3, -0.25) is 0 Å². The zero-order chi connectivity index (χ0) is 19.5. The standard InChI is InChI=1S/C20H23FN6O/c1-15-13-18(25-9-11-28-12-10-25)24-20(23-15)27-7-5-26(6-8-27)19-16(14-22)3-2-4-17(19)21/h2-4,13H,5-12H2,1H3. The van der Waals surface area contributed by atoms with Crippen LogP contribution in [0.5, 0.6) is 0 Å². The van der Waals surface area contributed by atoms with Gasteiger partial charge in [-0.05, 0) is 19.1 Å². The number of halogens is 1. The molecule has 0 N–H and O–H groups in total. The van der Waals surface area contributed by atoms with E-state index < -0.39 is 0 Å². The molecule has 0 radical (unpaired) electrons. The minimum Gasteiger partial charge on any atom is -0.378 e. The number of anilines is 3. The van der Waals surface area contributed by atoms with E-state index in [9.17, 15) is 9.65 Å². The van der Waals surface area contributed by atoms with Crippen molar-refractivity contribution >= 4 is 17.5 Å². The quantitative estimate of drug-likeness (QED) is 0.804. The van der Waals surface area contributed by atoms with E-state index >= 15 is 0 Å². The lowest BCUT2D eigenvalue weighted by atomic mass is 10.1. The minimum absolute atomic E-state index is 0.353. The van der Waals surface area contributed by atoms with Crippen LogP contribution in [0.25, 0.3) is 0 Å². The molecule has 0 spiro atoms. The van der Waals surface area contributed by atoms with Gasteiger partial charge in [0.1, 0.15) is 17.7 Å². The Morgan fingerprint density at radius 1 is 1.00 bits per heavy atom. The van der Waals surface area contributed by atoms with Crippen LogP contribution in [0, 0.1) is 24.1 Å². The molecule has 2 aliphatic heterocycles. The summed E-state index contributed by atoms with van der Waals surface area (Å²) in [5.41, 5.74) is 1.69. The Hall–Kier alpha value is -2.92. The fourth-order valence-electron chi connectivity index (χ4n) is 3.69. The van der Waals surface area contributed by atoms with Gasteiger partial charge in [-0.2, -0.15) is 10.2 Å². The largest absolute Gasteiger partial charge is 0.378 e. The summed E-state index contributed by atoms with van der Waals surface area (Å²) in [6.07, 6.45) is 0. The van der Waals surface area contributed by atoms with E-state index in [1.165, 1.54) is 6.07 Å². The highest BCUT2D eigenvalue weighted by Gasteiger charge is 2.24. The van der Waals surface area contributed by atoms with Crippen molar-refractivity contribution in [2.45, 2.75) is 6.92 Å². The number of morpholine rings is 1. The van der Waals surface area contributed by atoms with Gasteiger partial charge in [0.15, 0.2) is 0 Å². The van der Waals surface area contributed by atoms with Crippen LogP contribution in [0.15, 0.2) is 24.3 Å². The highest BCUT2D eigenvalue weighted by atomic mass is 19.1. The van der Waals surface area contributed by atoms with Crippen LogP contribution in [0.1, 0.15) is 11.3 Å². The maximum atomic E-state index is 14.3. The highest BCUT2D eigenvalue weighted by molar-refractivity contribution is 5.61. The monoisotopic (exact) mass is 382 g/mol. The highest BCUT2D eigenvalue weighted by Crippen LogP contribution is 2.26. The van der Waals surface area contributed by atoms with Crippen molar-refractivity contribution in [1.29, 1.82) is 5.26 Å². The van der Waals surface area contributed by atoms with E-state index in [0.717, 1.165) is 24.6 Å². The summed E-state index contributed by atoms with van der Waals surface area (Å²) < 4.78 is 19.7. The van der Waals surface area contributed by atoms with Gasteiger partial charge < -0.3 is 19.4 Å². The molecule has 4 rings (SSSR count). The predicted molar refractivity (Wildman–Crippen MR) is 105 cm³/mol. The average Bonchev–Trinajstić information content (AvgIpc) is 2.74. The Balaban J connectivity index is 1.50. The Morgan fingerprint density at radius 3 is 2.43 bits per heavy atom. The number of piperazine rings is 1. The first-order valence-electron chi connectivity index (χ1n) is 9.52. The van der Waals surface area contributed by atoms with Crippen molar-refractivity contribution in [2.75, 3.05) is 67.2 Å². The van der Waals surface area contributed by atoms with E-state index in [-0.39, 0.29) is 5.82 Å². The molecule has 2 saturated heterocycles. The van der Waals surface area contributed by atoms with Gasteiger partial charge in [0.25, 0.3) is 0 Å². The maximum absolute atomic E-state index is 14.3.